The van der Waals surface area contributed by atoms with E-state index in [9.17, 15) is 17.6 Å². The lowest BCUT2D eigenvalue weighted by Crippen LogP contribution is -2.53. The minimum absolute atomic E-state index is 0.0163. The van der Waals surface area contributed by atoms with Crippen molar-refractivity contribution in [2.24, 2.45) is 11.8 Å². The Bertz CT molecular complexity index is 839. The number of halogens is 1. The number of hydrogen-bond donors (Lipinski definition) is 0. The number of sulfonamides is 1. The smallest absolute Gasteiger partial charge is 0.243 e. The molecule has 0 radical (unpaired) electrons. The zero-order valence-electron chi connectivity index (χ0n) is 16.8. The number of hydrogen-bond acceptors (Lipinski definition) is 4. The second-order valence-corrected chi connectivity index (χ2v) is 10.5. The van der Waals surface area contributed by atoms with Crippen LogP contribution in [0.15, 0.2) is 29.2 Å². The highest BCUT2D eigenvalue weighted by molar-refractivity contribution is 7.89. The molecule has 6 nitrogen and oxygen atoms in total. The standard InChI is InChI=1S/C21H30FN3O3S/c22-19-6-3-7-20(14-19)29(27,28)25-12-10-23(11-13-25)16-21(26)24-9-8-17-4-1-2-5-18(17)15-24/h3,6-7,14,17-18H,1-2,4-5,8-13,15-16H2/t17-,18+/m1/s1. The van der Waals surface area contributed by atoms with Crippen molar-refractivity contribution in [1.82, 2.24) is 14.1 Å². The summed E-state index contributed by atoms with van der Waals surface area (Å²) in [6, 6.07) is 5.12. The Morgan fingerprint density at radius 3 is 2.45 bits per heavy atom. The van der Waals surface area contributed by atoms with Crippen molar-refractivity contribution >= 4 is 15.9 Å². The second-order valence-electron chi connectivity index (χ2n) is 8.57. The maximum atomic E-state index is 13.4. The molecule has 0 aromatic heterocycles. The topological polar surface area (TPSA) is 60.9 Å². The van der Waals surface area contributed by atoms with E-state index in [2.05, 4.69) is 0 Å². The van der Waals surface area contributed by atoms with Crippen LogP contribution in [0.25, 0.3) is 0 Å². The van der Waals surface area contributed by atoms with E-state index in [0.29, 0.717) is 38.6 Å². The first-order valence-corrected chi connectivity index (χ1v) is 12.1. The third-order valence-corrected chi connectivity index (χ3v) is 8.66. The van der Waals surface area contributed by atoms with Crippen molar-refractivity contribution in [2.45, 2.75) is 37.0 Å². The van der Waals surface area contributed by atoms with E-state index in [4.69, 9.17) is 0 Å². The Morgan fingerprint density at radius 2 is 1.72 bits per heavy atom. The minimum Gasteiger partial charge on any atom is -0.341 e. The number of likely N-dealkylation sites (tertiary alicyclic amines) is 1. The van der Waals surface area contributed by atoms with Gasteiger partial charge in [-0.1, -0.05) is 25.3 Å². The zero-order valence-corrected chi connectivity index (χ0v) is 17.6. The lowest BCUT2D eigenvalue weighted by molar-refractivity contribution is -0.135. The van der Waals surface area contributed by atoms with Gasteiger partial charge in [0.15, 0.2) is 0 Å². The molecule has 160 valence electrons. The normalized spacial score (nSPS) is 26.9. The summed E-state index contributed by atoms with van der Waals surface area (Å²) in [6.07, 6.45) is 6.29. The molecule has 1 aromatic carbocycles. The van der Waals surface area contributed by atoms with Gasteiger partial charge in [0.2, 0.25) is 15.9 Å². The molecule has 1 amide bonds. The van der Waals surface area contributed by atoms with Gasteiger partial charge in [-0.05, 0) is 42.9 Å². The first-order valence-electron chi connectivity index (χ1n) is 10.7. The molecule has 1 saturated carbocycles. The largest absolute Gasteiger partial charge is 0.341 e. The van der Waals surface area contributed by atoms with Crippen molar-refractivity contribution in [3.05, 3.63) is 30.1 Å². The number of carbonyl (C=O) groups excluding carboxylic acids is 1. The van der Waals surface area contributed by atoms with E-state index in [-0.39, 0.29) is 10.8 Å². The third-order valence-electron chi connectivity index (χ3n) is 6.77. The Labute approximate surface area is 172 Å². The molecule has 0 unspecified atom stereocenters. The molecular formula is C21H30FN3O3S. The number of carbonyl (C=O) groups is 1. The maximum absolute atomic E-state index is 13.4. The van der Waals surface area contributed by atoms with E-state index in [1.807, 2.05) is 9.80 Å². The Hall–Kier alpha value is -1.51. The Kier molecular flexibility index (Phi) is 6.22. The summed E-state index contributed by atoms with van der Waals surface area (Å²) in [6.45, 7) is 3.75. The van der Waals surface area contributed by atoms with E-state index < -0.39 is 15.8 Å². The van der Waals surface area contributed by atoms with Crippen LogP contribution < -0.4 is 0 Å². The SMILES string of the molecule is O=C(CN1CCN(S(=O)(=O)c2cccc(F)c2)CC1)N1CC[C@H]2CCCC[C@H]2C1. The van der Waals surface area contributed by atoms with Crippen LogP contribution in [0.1, 0.15) is 32.1 Å². The van der Waals surface area contributed by atoms with E-state index in [0.717, 1.165) is 31.5 Å². The first kappa shape index (κ1) is 20.8. The van der Waals surface area contributed by atoms with Gasteiger partial charge in [-0.3, -0.25) is 9.69 Å². The maximum Gasteiger partial charge on any atom is 0.243 e. The van der Waals surface area contributed by atoms with Gasteiger partial charge >= 0.3 is 0 Å². The molecule has 0 bridgehead atoms. The van der Waals surface area contributed by atoms with Crippen LogP contribution in [0.5, 0.6) is 0 Å². The molecule has 4 rings (SSSR count). The molecule has 0 spiro atoms. The molecule has 2 aliphatic heterocycles. The quantitative estimate of drug-likeness (QED) is 0.745. The number of piperidine rings is 1. The van der Waals surface area contributed by atoms with Gasteiger partial charge in [0, 0.05) is 39.3 Å². The summed E-state index contributed by atoms with van der Waals surface area (Å²) in [5.74, 6) is 1.06. The molecule has 3 fully saturated rings. The summed E-state index contributed by atoms with van der Waals surface area (Å²) in [4.78, 5) is 16.8. The molecule has 1 aliphatic carbocycles. The zero-order chi connectivity index (χ0) is 20.4. The van der Waals surface area contributed by atoms with Gasteiger partial charge in [0.05, 0.1) is 11.4 Å². The average Bonchev–Trinajstić information content (AvgIpc) is 2.74. The lowest BCUT2D eigenvalue weighted by Gasteiger charge is -2.42. The van der Waals surface area contributed by atoms with Gasteiger partial charge in [-0.15, -0.1) is 0 Å². The highest BCUT2D eigenvalue weighted by atomic mass is 32.2. The fourth-order valence-electron chi connectivity index (χ4n) is 5.02. The van der Waals surface area contributed by atoms with Crippen molar-refractivity contribution in [1.29, 1.82) is 0 Å². The number of fused-ring (bicyclic) bond motifs is 1. The second kappa shape index (κ2) is 8.70. The molecule has 3 aliphatic rings. The number of benzene rings is 1. The van der Waals surface area contributed by atoms with E-state index >= 15 is 0 Å². The Morgan fingerprint density at radius 1 is 1.00 bits per heavy atom. The number of nitrogens with zero attached hydrogens (tertiary/aromatic N) is 3. The number of rotatable bonds is 4. The molecule has 29 heavy (non-hydrogen) atoms. The summed E-state index contributed by atoms with van der Waals surface area (Å²) in [7, 11) is -3.70. The summed E-state index contributed by atoms with van der Waals surface area (Å²) >= 11 is 0. The lowest BCUT2D eigenvalue weighted by atomic mass is 9.75. The highest BCUT2D eigenvalue weighted by Crippen LogP contribution is 2.36. The average molecular weight is 424 g/mol. The molecule has 1 aromatic rings. The van der Waals surface area contributed by atoms with Crippen molar-refractivity contribution in [3.8, 4) is 0 Å². The fraction of sp³-hybridized carbons (Fsp3) is 0.667. The summed E-state index contributed by atoms with van der Waals surface area (Å²) in [5, 5.41) is 0. The molecule has 2 saturated heterocycles. The van der Waals surface area contributed by atoms with Crippen LogP contribution in [0, 0.1) is 17.7 Å². The van der Waals surface area contributed by atoms with E-state index in [1.54, 1.807) is 0 Å². The third kappa shape index (κ3) is 4.64. The van der Waals surface area contributed by atoms with Crippen LogP contribution in [-0.2, 0) is 14.8 Å². The van der Waals surface area contributed by atoms with Crippen LogP contribution in [0.4, 0.5) is 4.39 Å². The van der Waals surface area contributed by atoms with Crippen molar-refractivity contribution in [2.75, 3.05) is 45.8 Å². The van der Waals surface area contributed by atoms with Gasteiger partial charge < -0.3 is 4.90 Å². The summed E-state index contributed by atoms with van der Waals surface area (Å²) < 4.78 is 40.2. The monoisotopic (exact) mass is 423 g/mol. The van der Waals surface area contributed by atoms with Crippen molar-refractivity contribution < 1.29 is 17.6 Å². The highest BCUT2D eigenvalue weighted by Gasteiger charge is 2.34. The van der Waals surface area contributed by atoms with Crippen LogP contribution >= 0.6 is 0 Å². The molecule has 0 N–H and O–H groups in total. The number of piperazine rings is 1. The van der Waals surface area contributed by atoms with E-state index in [1.165, 1.54) is 48.2 Å². The fourth-order valence-corrected chi connectivity index (χ4v) is 6.48. The molecular weight excluding hydrogens is 393 g/mol. The van der Waals surface area contributed by atoms with Gasteiger partial charge in [-0.2, -0.15) is 4.31 Å². The number of amides is 1. The molecule has 2 heterocycles. The first-order chi connectivity index (χ1) is 13.9. The van der Waals surface area contributed by atoms with Crippen LogP contribution in [0.2, 0.25) is 0 Å². The van der Waals surface area contributed by atoms with Gasteiger partial charge in [0.25, 0.3) is 0 Å². The van der Waals surface area contributed by atoms with Crippen LogP contribution in [0.3, 0.4) is 0 Å². The van der Waals surface area contributed by atoms with Crippen molar-refractivity contribution in [3.63, 3.8) is 0 Å². The van der Waals surface area contributed by atoms with Gasteiger partial charge in [0.1, 0.15) is 5.82 Å². The predicted molar refractivity (Wildman–Crippen MR) is 108 cm³/mol. The van der Waals surface area contributed by atoms with Crippen LogP contribution in [-0.4, -0.2) is 74.2 Å². The molecule has 2 atom stereocenters. The minimum atomic E-state index is -3.70. The summed E-state index contributed by atoms with van der Waals surface area (Å²) in [5.41, 5.74) is 0. The predicted octanol–water partition coefficient (Wildman–Crippen LogP) is 2.17. The Balaban J connectivity index is 1.29. The molecule has 8 heteroatoms. The van der Waals surface area contributed by atoms with Gasteiger partial charge in [-0.25, -0.2) is 12.8 Å².